The highest BCUT2D eigenvalue weighted by Gasteiger charge is 2.38. The van der Waals surface area contributed by atoms with Crippen LogP contribution in [0.15, 0.2) is 4.42 Å². The van der Waals surface area contributed by atoms with Crippen molar-refractivity contribution >= 4 is 22.8 Å². The highest BCUT2D eigenvalue weighted by molar-refractivity contribution is 6.09. The summed E-state index contributed by atoms with van der Waals surface area (Å²) in [5.74, 6) is 1.39. The fourth-order valence-corrected chi connectivity index (χ4v) is 2.59. The van der Waals surface area contributed by atoms with Gasteiger partial charge in [-0.2, -0.15) is 4.98 Å². The molecule has 1 aliphatic carbocycles. The van der Waals surface area contributed by atoms with Crippen LogP contribution < -0.4 is 11.1 Å². The molecule has 6 nitrogen and oxygen atoms in total. The second kappa shape index (κ2) is 5.26. The summed E-state index contributed by atoms with van der Waals surface area (Å²) in [6.45, 7) is 6.00. The van der Waals surface area contributed by atoms with E-state index in [1.54, 1.807) is 6.92 Å². The third-order valence-corrected chi connectivity index (χ3v) is 4.19. The van der Waals surface area contributed by atoms with Gasteiger partial charge in [-0.1, -0.05) is 13.3 Å². The van der Waals surface area contributed by atoms with Crippen molar-refractivity contribution in [3.8, 4) is 0 Å². The number of amides is 1. The predicted molar refractivity (Wildman–Crippen MR) is 84.9 cm³/mol. The smallest absolute Gasteiger partial charge is 0.253 e. The second-order valence-electron chi connectivity index (χ2n) is 6.36. The molecule has 0 aromatic carbocycles. The van der Waals surface area contributed by atoms with E-state index in [9.17, 15) is 4.79 Å². The van der Waals surface area contributed by atoms with Crippen LogP contribution in [0.1, 0.15) is 61.5 Å². The van der Waals surface area contributed by atoms with Gasteiger partial charge in [0.15, 0.2) is 0 Å². The van der Waals surface area contributed by atoms with Crippen LogP contribution in [0.4, 0.5) is 5.82 Å². The number of furan rings is 1. The zero-order valence-corrected chi connectivity index (χ0v) is 13.3. The SMILES string of the molecule is CCCCc1nc(NC2(C)CC2)c2c(C(N)=O)c(C)oc2n1. The van der Waals surface area contributed by atoms with Crippen molar-refractivity contribution in [1.82, 2.24) is 9.97 Å². The standard InChI is InChI=1S/C16H22N4O2/c1-4-5-6-10-18-14(20-16(3)7-8-16)12-11(13(17)21)9(2)22-15(12)19-10/h4-8H2,1-3H3,(H2,17,21)(H,18,19,20). The van der Waals surface area contributed by atoms with Crippen molar-refractivity contribution in [2.75, 3.05) is 5.32 Å². The lowest BCUT2D eigenvalue weighted by Gasteiger charge is -2.14. The van der Waals surface area contributed by atoms with Crippen molar-refractivity contribution in [3.05, 3.63) is 17.1 Å². The maximum absolute atomic E-state index is 11.8. The Kier molecular flexibility index (Phi) is 3.54. The van der Waals surface area contributed by atoms with Crippen molar-refractivity contribution in [1.29, 1.82) is 0 Å². The maximum atomic E-state index is 11.8. The molecule has 0 aliphatic heterocycles. The second-order valence-corrected chi connectivity index (χ2v) is 6.36. The third-order valence-electron chi connectivity index (χ3n) is 4.19. The number of nitrogens with zero attached hydrogens (tertiary/aromatic N) is 2. The van der Waals surface area contributed by atoms with E-state index < -0.39 is 5.91 Å². The summed E-state index contributed by atoms with van der Waals surface area (Å²) >= 11 is 0. The van der Waals surface area contributed by atoms with Crippen molar-refractivity contribution < 1.29 is 9.21 Å². The lowest BCUT2D eigenvalue weighted by Crippen LogP contribution is -2.19. The van der Waals surface area contributed by atoms with Gasteiger partial charge in [0.25, 0.3) is 5.91 Å². The Morgan fingerprint density at radius 2 is 2.14 bits per heavy atom. The Hall–Kier alpha value is -2.11. The Labute approximate surface area is 129 Å². The monoisotopic (exact) mass is 302 g/mol. The molecule has 0 atom stereocenters. The highest BCUT2D eigenvalue weighted by Crippen LogP contribution is 2.40. The number of primary amides is 1. The minimum Gasteiger partial charge on any atom is -0.442 e. The molecule has 2 aromatic heterocycles. The number of hydrogen-bond donors (Lipinski definition) is 2. The molecular weight excluding hydrogens is 280 g/mol. The fraction of sp³-hybridized carbons (Fsp3) is 0.562. The van der Waals surface area contributed by atoms with E-state index in [2.05, 4.69) is 29.1 Å². The third kappa shape index (κ3) is 2.65. The van der Waals surface area contributed by atoms with Crippen LogP contribution in [-0.4, -0.2) is 21.4 Å². The number of aryl methyl sites for hydroxylation is 2. The molecule has 0 bridgehead atoms. The summed E-state index contributed by atoms with van der Waals surface area (Å²) < 4.78 is 5.66. The summed E-state index contributed by atoms with van der Waals surface area (Å²) in [5, 5.41) is 4.05. The van der Waals surface area contributed by atoms with Crippen LogP contribution in [0.2, 0.25) is 0 Å². The van der Waals surface area contributed by atoms with E-state index >= 15 is 0 Å². The fourth-order valence-electron chi connectivity index (χ4n) is 2.59. The first-order chi connectivity index (χ1) is 10.4. The molecule has 2 heterocycles. The first-order valence-electron chi connectivity index (χ1n) is 7.81. The minimum absolute atomic E-state index is 0.0450. The summed E-state index contributed by atoms with van der Waals surface area (Å²) in [4.78, 5) is 20.9. The largest absolute Gasteiger partial charge is 0.442 e. The van der Waals surface area contributed by atoms with Gasteiger partial charge in [0.2, 0.25) is 5.71 Å². The van der Waals surface area contributed by atoms with Crippen molar-refractivity contribution in [2.45, 2.75) is 58.4 Å². The molecule has 118 valence electrons. The first kappa shape index (κ1) is 14.8. The van der Waals surface area contributed by atoms with Gasteiger partial charge in [0.1, 0.15) is 17.4 Å². The van der Waals surface area contributed by atoms with Crippen molar-refractivity contribution in [2.24, 2.45) is 5.73 Å². The molecule has 3 rings (SSSR count). The Balaban J connectivity index is 2.14. The lowest BCUT2D eigenvalue weighted by atomic mass is 10.1. The van der Waals surface area contributed by atoms with E-state index in [0.29, 0.717) is 28.2 Å². The number of anilines is 1. The molecule has 0 spiro atoms. The Morgan fingerprint density at radius 1 is 1.41 bits per heavy atom. The van der Waals surface area contributed by atoms with E-state index in [0.717, 1.165) is 37.9 Å². The van der Waals surface area contributed by atoms with Gasteiger partial charge in [-0.25, -0.2) is 4.98 Å². The number of rotatable bonds is 6. The van der Waals surface area contributed by atoms with Crippen LogP contribution in [0.3, 0.4) is 0 Å². The van der Waals surface area contributed by atoms with Gasteiger partial charge < -0.3 is 15.5 Å². The van der Waals surface area contributed by atoms with E-state index in [4.69, 9.17) is 10.2 Å². The number of unbranched alkanes of at least 4 members (excludes halogenated alkanes) is 1. The molecule has 2 aromatic rings. The minimum atomic E-state index is -0.509. The predicted octanol–water partition coefficient (Wildman–Crippen LogP) is 2.94. The average Bonchev–Trinajstić information content (AvgIpc) is 3.05. The number of nitrogens with one attached hydrogen (secondary N) is 1. The number of carbonyl (C=O) groups excluding carboxylic acids is 1. The van der Waals surface area contributed by atoms with E-state index in [1.165, 1.54) is 0 Å². The van der Waals surface area contributed by atoms with Crippen LogP contribution in [-0.2, 0) is 6.42 Å². The summed E-state index contributed by atoms with van der Waals surface area (Å²) in [6.07, 6.45) is 5.07. The Bertz CT molecular complexity index is 731. The summed E-state index contributed by atoms with van der Waals surface area (Å²) in [7, 11) is 0. The molecule has 1 saturated carbocycles. The van der Waals surface area contributed by atoms with Gasteiger partial charge in [0.05, 0.1) is 10.9 Å². The van der Waals surface area contributed by atoms with Crippen LogP contribution >= 0.6 is 0 Å². The lowest BCUT2D eigenvalue weighted by molar-refractivity contribution is 0.1000. The van der Waals surface area contributed by atoms with Gasteiger partial charge in [0, 0.05) is 12.0 Å². The molecule has 6 heteroatoms. The number of fused-ring (bicyclic) bond motifs is 1. The average molecular weight is 302 g/mol. The zero-order valence-electron chi connectivity index (χ0n) is 13.3. The molecule has 1 fully saturated rings. The number of nitrogens with two attached hydrogens (primary N) is 1. The van der Waals surface area contributed by atoms with Gasteiger partial charge in [-0.05, 0) is 33.1 Å². The normalized spacial score (nSPS) is 16.0. The topological polar surface area (TPSA) is 94.0 Å². The molecule has 0 saturated heterocycles. The van der Waals surface area contributed by atoms with E-state index in [1.807, 2.05) is 0 Å². The first-order valence-corrected chi connectivity index (χ1v) is 7.81. The Morgan fingerprint density at radius 3 is 2.73 bits per heavy atom. The molecule has 1 aliphatic rings. The highest BCUT2D eigenvalue weighted by atomic mass is 16.3. The number of carbonyl (C=O) groups is 1. The molecule has 0 unspecified atom stereocenters. The van der Waals surface area contributed by atoms with Crippen LogP contribution in [0.25, 0.3) is 11.1 Å². The molecule has 1 amide bonds. The molecule has 22 heavy (non-hydrogen) atoms. The van der Waals surface area contributed by atoms with Gasteiger partial charge in [-0.3, -0.25) is 4.79 Å². The van der Waals surface area contributed by atoms with Crippen molar-refractivity contribution in [3.63, 3.8) is 0 Å². The molecule has 0 radical (unpaired) electrons. The van der Waals surface area contributed by atoms with E-state index in [-0.39, 0.29) is 5.54 Å². The molecular formula is C16H22N4O2. The summed E-state index contributed by atoms with van der Waals surface area (Å²) in [5.41, 5.74) is 6.38. The summed E-state index contributed by atoms with van der Waals surface area (Å²) in [6, 6.07) is 0. The number of hydrogen-bond acceptors (Lipinski definition) is 5. The number of aromatic nitrogens is 2. The van der Waals surface area contributed by atoms with Crippen LogP contribution in [0, 0.1) is 6.92 Å². The molecule has 3 N–H and O–H groups in total. The van der Waals surface area contributed by atoms with Gasteiger partial charge >= 0.3 is 0 Å². The maximum Gasteiger partial charge on any atom is 0.253 e. The quantitative estimate of drug-likeness (QED) is 0.855. The zero-order chi connectivity index (χ0) is 15.9. The van der Waals surface area contributed by atoms with Gasteiger partial charge in [-0.15, -0.1) is 0 Å². The van der Waals surface area contributed by atoms with Crippen LogP contribution in [0.5, 0.6) is 0 Å².